The Morgan fingerprint density at radius 1 is 1.43 bits per heavy atom. The van der Waals surface area contributed by atoms with E-state index in [1.54, 1.807) is 0 Å². The number of fused-ring (bicyclic) bond motifs is 1. The van der Waals surface area contributed by atoms with E-state index < -0.39 is 0 Å². The van der Waals surface area contributed by atoms with Gasteiger partial charge in [0.05, 0.1) is 0 Å². The summed E-state index contributed by atoms with van der Waals surface area (Å²) in [7, 11) is 4.07. The molecule has 76 valence electrons. The Bertz CT molecular complexity index is 349. The van der Waals surface area contributed by atoms with Crippen LogP contribution in [0.1, 0.15) is 11.1 Å². The summed E-state index contributed by atoms with van der Waals surface area (Å²) in [5.41, 5.74) is 2.73. The van der Waals surface area contributed by atoms with E-state index in [1.807, 2.05) is 20.3 Å². The average molecular weight is 256 g/mol. The van der Waals surface area contributed by atoms with Gasteiger partial charge in [-0.25, -0.2) is 4.98 Å². The molecule has 0 fully saturated rings. The maximum Gasteiger partial charge on any atom is 0.132 e. The molecule has 1 aliphatic heterocycles. The Morgan fingerprint density at radius 2 is 2.21 bits per heavy atom. The Hall–Kier alpha value is -0.610. The standard InChI is InChI=1S/C10H14BrN3/c1-14(2)10-8-5-12-4-3-7(8)9(11)6-13-10/h6,12H,3-5H2,1-2H3. The van der Waals surface area contributed by atoms with Crippen molar-refractivity contribution < 1.29 is 0 Å². The van der Waals surface area contributed by atoms with Crippen molar-refractivity contribution in [3.63, 3.8) is 0 Å². The molecule has 14 heavy (non-hydrogen) atoms. The minimum atomic E-state index is 0.926. The number of nitrogens with one attached hydrogen (secondary N) is 1. The third kappa shape index (κ3) is 1.64. The molecule has 0 amide bonds. The lowest BCUT2D eigenvalue weighted by Gasteiger charge is -2.24. The first-order chi connectivity index (χ1) is 6.70. The zero-order valence-electron chi connectivity index (χ0n) is 8.47. The fourth-order valence-electron chi connectivity index (χ4n) is 1.82. The third-order valence-electron chi connectivity index (χ3n) is 2.50. The summed E-state index contributed by atoms with van der Waals surface area (Å²) in [5.74, 6) is 1.08. The number of nitrogens with zero attached hydrogens (tertiary/aromatic N) is 2. The number of halogens is 1. The number of pyridine rings is 1. The highest BCUT2D eigenvalue weighted by Gasteiger charge is 2.17. The van der Waals surface area contributed by atoms with Gasteiger partial charge in [-0.3, -0.25) is 0 Å². The molecule has 1 aromatic rings. The van der Waals surface area contributed by atoms with Crippen molar-refractivity contribution in [2.75, 3.05) is 25.5 Å². The number of hydrogen-bond donors (Lipinski definition) is 1. The summed E-state index contributed by atoms with van der Waals surface area (Å²) in [6.07, 6.45) is 2.98. The van der Waals surface area contributed by atoms with Gasteiger partial charge < -0.3 is 10.2 Å². The van der Waals surface area contributed by atoms with Crippen molar-refractivity contribution in [1.82, 2.24) is 10.3 Å². The first kappa shape index (κ1) is 9.93. The van der Waals surface area contributed by atoms with Gasteiger partial charge in [-0.1, -0.05) is 0 Å². The lowest BCUT2D eigenvalue weighted by Crippen LogP contribution is -2.27. The van der Waals surface area contributed by atoms with Crippen molar-refractivity contribution in [3.05, 3.63) is 21.8 Å². The number of anilines is 1. The molecule has 0 atom stereocenters. The highest BCUT2D eigenvalue weighted by molar-refractivity contribution is 9.10. The second-order valence-corrected chi connectivity index (χ2v) is 4.56. The summed E-state index contributed by atoms with van der Waals surface area (Å²) in [6.45, 7) is 1.98. The molecule has 0 aliphatic carbocycles. The summed E-state index contributed by atoms with van der Waals surface area (Å²) in [4.78, 5) is 6.50. The van der Waals surface area contributed by atoms with E-state index in [1.165, 1.54) is 11.1 Å². The molecule has 0 unspecified atom stereocenters. The first-order valence-electron chi connectivity index (χ1n) is 4.74. The molecule has 0 spiro atoms. The molecule has 0 bridgehead atoms. The fraction of sp³-hybridized carbons (Fsp3) is 0.500. The van der Waals surface area contributed by atoms with Crippen LogP contribution >= 0.6 is 15.9 Å². The predicted octanol–water partition coefficient (Wildman–Crippen LogP) is 1.56. The topological polar surface area (TPSA) is 28.2 Å². The van der Waals surface area contributed by atoms with Crippen LogP contribution in [-0.2, 0) is 13.0 Å². The third-order valence-corrected chi connectivity index (χ3v) is 3.18. The summed E-state index contributed by atoms with van der Waals surface area (Å²) < 4.78 is 1.14. The van der Waals surface area contributed by atoms with Gasteiger partial charge in [0.25, 0.3) is 0 Å². The second kappa shape index (κ2) is 3.87. The highest BCUT2D eigenvalue weighted by Crippen LogP contribution is 2.28. The molecule has 0 saturated carbocycles. The minimum absolute atomic E-state index is 0.926. The molecule has 1 aliphatic rings. The predicted molar refractivity (Wildman–Crippen MR) is 61.7 cm³/mol. The van der Waals surface area contributed by atoms with Crippen molar-refractivity contribution >= 4 is 21.7 Å². The lowest BCUT2D eigenvalue weighted by molar-refractivity contribution is 0.638. The molecule has 1 aromatic heterocycles. The first-order valence-corrected chi connectivity index (χ1v) is 5.53. The van der Waals surface area contributed by atoms with Gasteiger partial charge in [0.15, 0.2) is 0 Å². The maximum atomic E-state index is 4.43. The van der Waals surface area contributed by atoms with Gasteiger partial charge in [-0.15, -0.1) is 0 Å². The van der Waals surface area contributed by atoms with Crippen LogP contribution in [0.15, 0.2) is 10.7 Å². The van der Waals surface area contributed by atoms with Gasteiger partial charge in [0.2, 0.25) is 0 Å². The van der Waals surface area contributed by atoms with Crippen molar-refractivity contribution in [2.45, 2.75) is 13.0 Å². The van der Waals surface area contributed by atoms with Crippen LogP contribution in [-0.4, -0.2) is 25.6 Å². The molecule has 2 rings (SSSR count). The smallest absolute Gasteiger partial charge is 0.132 e. The highest BCUT2D eigenvalue weighted by atomic mass is 79.9. The van der Waals surface area contributed by atoms with Crippen molar-refractivity contribution in [3.8, 4) is 0 Å². The molecule has 0 aromatic carbocycles. The minimum Gasteiger partial charge on any atom is -0.362 e. The van der Waals surface area contributed by atoms with E-state index >= 15 is 0 Å². The molecule has 0 saturated heterocycles. The van der Waals surface area contributed by atoms with Crippen LogP contribution in [0.5, 0.6) is 0 Å². The van der Waals surface area contributed by atoms with Crippen LogP contribution in [0, 0.1) is 0 Å². The van der Waals surface area contributed by atoms with E-state index in [-0.39, 0.29) is 0 Å². The van der Waals surface area contributed by atoms with Crippen LogP contribution in [0.2, 0.25) is 0 Å². The maximum absolute atomic E-state index is 4.43. The lowest BCUT2D eigenvalue weighted by atomic mass is 10.0. The second-order valence-electron chi connectivity index (χ2n) is 3.71. The monoisotopic (exact) mass is 255 g/mol. The van der Waals surface area contributed by atoms with Crippen molar-refractivity contribution in [1.29, 1.82) is 0 Å². The van der Waals surface area contributed by atoms with Gasteiger partial charge in [-0.05, 0) is 34.5 Å². The van der Waals surface area contributed by atoms with Gasteiger partial charge >= 0.3 is 0 Å². The molecule has 1 N–H and O–H groups in total. The Labute approximate surface area is 92.6 Å². The summed E-state index contributed by atoms with van der Waals surface area (Å²) >= 11 is 3.56. The molecular weight excluding hydrogens is 242 g/mol. The molecule has 3 nitrogen and oxygen atoms in total. The average Bonchev–Trinajstić information content (AvgIpc) is 2.18. The molecule has 0 radical (unpaired) electrons. The van der Waals surface area contributed by atoms with Gasteiger partial charge in [-0.2, -0.15) is 0 Å². The van der Waals surface area contributed by atoms with E-state index in [9.17, 15) is 0 Å². The quantitative estimate of drug-likeness (QED) is 0.826. The number of hydrogen-bond acceptors (Lipinski definition) is 3. The molecule has 2 heterocycles. The van der Waals surface area contributed by atoms with E-state index in [0.29, 0.717) is 0 Å². The number of aromatic nitrogens is 1. The largest absolute Gasteiger partial charge is 0.362 e. The Balaban J connectivity index is 2.53. The van der Waals surface area contributed by atoms with E-state index in [2.05, 4.69) is 31.1 Å². The van der Waals surface area contributed by atoms with Gasteiger partial charge in [0.1, 0.15) is 5.82 Å². The van der Waals surface area contributed by atoms with E-state index in [0.717, 1.165) is 29.8 Å². The van der Waals surface area contributed by atoms with Crippen LogP contribution in [0.25, 0.3) is 0 Å². The Kier molecular flexibility index (Phi) is 2.74. The van der Waals surface area contributed by atoms with Crippen LogP contribution in [0.4, 0.5) is 5.82 Å². The van der Waals surface area contributed by atoms with E-state index in [4.69, 9.17) is 0 Å². The normalized spacial score (nSPS) is 15.1. The SMILES string of the molecule is CN(C)c1ncc(Br)c2c1CNCC2. The van der Waals surface area contributed by atoms with Gasteiger partial charge in [0, 0.05) is 36.9 Å². The molecule has 4 heteroatoms. The van der Waals surface area contributed by atoms with Crippen LogP contribution < -0.4 is 10.2 Å². The summed E-state index contributed by atoms with van der Waals surface area (Å²) in [6, 6.07) is 0. The zero-order chi connectivity index (χ0) is 10.1. The molecular formula is C10H14BrN3. The zero-order valence-corrected chi connectivity index (χ0v) is 10.1. The Morgan fingerprint density at radius 3 is 2.93 bits per heavy atom. The number of rotatable bonds is 1. The van der Waals surface area contributed by atoms with Crippen molar-refractivity contribution in [2.24, 2.45) is 0 Å². The summed E-state index contributed by atoms with van der Waals surface area (Å²) in [5, 5.41) is 3.38. The fourth-order valence-corrected chi connectivity index (χ4v) is 2.36. The van der Waals surface area contributed by atoms with Crippen LogP contribution in [0.3, 0.4) is 0 Å².